The van der Waals surface area contributed by atoms with Gasteiger partial charge < -0.3 is 9.47 Å². The smallest absolute Gasteiger partial charge is 0.0562 e. The van der Waals surface area contributed by atoms with Crippen LogP contribution in [-0.2, 0) is 0 Å². The average molecular weight is 765 g/mol. The summed E-state index contributed by atoms with van der Waals surface area (Å²) in [7, 11) is 0. The van der Waals surface area contributed by atoms with E-state index >= 15 is 0 Å². The molecule has 0 radical (unpaired) electrons. The van der Waals surface area contributed by atoms with Crippen LogP contribution in [0.1, 0.15) is 0 Å². The van der Waals surface area contributed by atoms with Gasteiger partial charge in [-0.05, 0) is 92.7 Å². The molecule has 0 spiro atoms. The molecule has 60 heavy (non-hydrogen) atoms. The normalized spacial score (nSPS) is 11.3. The van der Waals surface area contributed by atoms with Gasteiger partial charge in [0.2, 0.25) is 0 Å². The zero-order chi connectivity index (χ0) is 39.8. The highest BCUT2D eigenvalue weighted by Crippen LogP contribution is 2.45. The highest BCUT2D eigenvalue weighted by Gasteiger charge is 2.21. The van der Waals surface area contributed by atoms with Crippen molar-refractivity contribution in [3.63, 3.8) is 0 Å². The van der Waals surface area contributed by atoms with Gasteiger partial charge in [-0.2, -0.15) is 0 Å². The fraction of sp³-hybridized carbons (Fsp3) is 0. The van der Waals surface area contributed by atoms with E-state index < -0.39 is 0 Å². The highest BCUT2D eigenvalue weighted by molar-refractivity contribution is 6.11. The van der Waals surface area contributed by atoms with E-state index in [9.17, 15) is 0 Å². The van der Waals surface area contributed by atoms with E-state index in [0.717, 1.165) is 28.3 Å². The van der Waals surface area contributed by atoms with Gasteiger partial charge in [0.15, 0.2) is 0 Å². The summed E-state index contributed by atoms with van der Waals surface area (Å²) in [5.41, 5.74) is 16.2. The van der Waals surface area contributed by atoms with Gasteiger partial charge in [0.05, 0.1) is 22.4 Å². The van der Waals surface area contributed by atoms with Gasteiger partial charge in [-0.1, -0.05) is 194 Å². The molecule has 11 rings (SSSR count). The monoisotopic (exact) mass is 764 g/mol. The highest BCUT2D eigenvalue weighted by atomic mass is 15.1. The lowest BCUT2D eigenvalue weighted by atomic mass is 9.98. The van der Waals surface area contributed by atoms with Crippen LogP contribution in [0, 0.1) is 0 Å². The van der Waals surface area contributed by atoms with Crippen molar-refractivity contribution in [3.8, 4) is 50.2 Å². The molecule has 10 aromatic carbocycles. The van der Waals surface area contributed by atoms with E-state index in [1.54, 1.807) is 0 Å². The zero-order valence-electron chi connectivity index (χ0n) is 33.0. The number of para-hydroxylation sites is 2. The van der Waals surface area contributed by atoms with Crippen LogP contribution in [0.25, 0.3) is 82.8 Å². The lowest BCUT2D eigenvalue weighted by molar-refractivity contribution is 1.18. The lowest BCUT2D eigenvalue weighted by Gasteiger charge is -2.28. The third-order valence-electron chi connectivity index (χ3n) is 11.8. The Bertz CT molecular complexity index is 3290. The molecule has 0 fully saturated rings. The Balaban J connectivity index is 1.14. The lowest BCUT2D eigenvalue weighted by Crippen LogP contribution is -2.11. The van der Waals surface area contributed by atoms with Crippen LogP contribution in [-0.4, -0.2) is 4.57 Å². The Morgan fingerprint density at radius 2 is 0.817 bits per heavy atom. The molecule has 2 heteroatoms. The van der Waals surface area contributed by atoms with E-state index in [4.69, 9.17) is 0 Å². The maximum atomic E-state index is 2.48. The molecule has 0 aliphatic heterocycles. The van der Waals surface area contributed by atoms with Crippen molar-refractivity contribution < 1.29 is 0 Å². The Hall–Kier alpha value is -7.94. The molecular formula is C58H40N2. The molecule has 1 heterocycles. The summed E-state index contributed by atoms with van der Waals surface area (Å²) in [5.74, 6) is 0. The van der Waals surface area contributed by atoms with Crippen LogP contribution in [0.2, 0.25) is 0 Å². The molecule has 0 aliphatic carbocycles. The molecule has 11 aromatic rings. The molecule has 1 aromatic heterocycles. The Labute approximate surface area is 350 Å². The van der Waals surface area contributed by atoms with Crippen LogP contribution in [0.15, 0.2) is 243 Å². The molecule has 282 valence electrons. The van der Waals surface area contributed by atoms with Crippen molar-refractivity contribution in [2.75, 3.05) is 4.90 Å². The molecule has 0 aliphatic rings. The molecule has 0 N–H and O–H groups in total. The van der Waals surface area contributed by atoms with E-state index in [1.807, 2.05) is 0 Å². The molecule has 0 saturated carbocycles. The number of aromatic nitrogens is 1. The minimum absolute atomic E-state index is 1.08. The maximum absolute atomic E-state index is 2.48. The van der Waals surface area contributed by atoms with Crippen LogP contribution in [0.3, 0.4) is 0 Å². The zero-order valence-corrected chi connectivity index (χ0v) is 33.0. The second-order valence-corrected chi connectivity index (χ2v) is 15.3. The first-order chi connectivity index (χ1) is 29.8. The van der Waals surface area contributed by atoms with Crippen molar-refractivity contribution in [3.05, 3.63) is 243 Å². The van der Waals surface area contributed by atoms with Crippen molar-refractivity contribution in [1.82, 2.24) is 4.57 Å². The summed E-state index contributed by atoms with van der Waals surface area (Å²) < 4.78 is 2.48. The van der Waals surface area contributed by atoms with E-state index in [0.29, 0.717) is 0 Å². The number of hydrogen-bond donors (Lipinski definition) is 0. The van der Waals surface area contributed by atoms with Crippen LogP contribution >= 0.6 is 0 Å². The van der Waals surface area contributed by atoms with Gasteiger partial charge in [0.1, 0.15) is 0 Å². The quantitative estimate of drug-likeness (QED) is 0.150. The first-order valence-electron chi connectivity index (χ1n) is 20.6. The summed E-state index contributed by atoms with van der Waals surface area (Å²) in [4.78, 5) is 2.42. The van der Waals surface area contributed by atoms with Crippen molar-refractivity contribution in [2.24, 2.45) is 0 Å². The van der Waals surface area contributed by atoms with E-state index in [1.165, 1.54) is 71.6 Å². The Kier molecular flexibility index (Phi) is 8.87. The van der Waals surface area contributed by atoms with Gasteiger partial charge in [-0.3, -0.25) is 0 Å². The summed E-state index contributed by atoms with van der Waals surface area (Å²) in [6.07, 6.45) is 0. The topological polar surface area (TPSA) is 8.17 Å². The number of fused-ring (bicyclic) bond motifs is 4. The number of anilines is 3. The fourth-order valence-electron chi connectivity index (χ4n) is 8.88. The predicted octanol–water partition coefficient (Wildman–Crippen LogP) is 16.1. The number of benzene rings is 10. The Morgan fingerprint density at radius 1 is 0.283 bits per heavy atom. The van der Waals surface area contributed by atoms with Gasteiger partial charge >= 0.3 is 0 Å². The largest absolute Gasteiger partial charge is 0.310 e. The number of hydrogen-bond acceptors (Lipinski definition) is 1. The van der Waals surface area contributed by atoms with Gasteiger partial charge in [0, 0.05) is 33.3 Å². The molecular weight excluding hydrogens is 725 g/mol. The van der Waals surface area contributed by atoms with Crippen molar-refractivity contribution >= 4 is 49.6 Å². The first-order valence-corrected chi connectivity index (χ1v) is 20.6. The molecule has 0 atom stereocenters. The van der Waals surface area contributed by atoms with Gasteiger partial charge in [0.25, 0.3) is 0 Å². The third-order valence-corrected chi connectivity index (χ3v) is 11.8. The van der Waals surface area contributed by atoms with Crippen molar-refractivity contribution in [2.45, 2.75) is 0 Å². The van der Waals surface area contributed by atoms with Crippen LogP contribution < -0.4 is 4.90 Å². The number of rotatable bonds is 8. The minimum atomic E-state index is 1.08. The molecule has 0 saturated heterocycles. The third kappa shape index (κ3) is 6.32. The van der Waals surface area contributed by atoms with Crippen molar-refractivity contribution in [1.29, 1.82) is 0 Å². The second-order valence-electron chi connectivity index (χ2n) is 15.3. The van der Waals surface area contributed by atoms with Gasteiger partial charge in [-0.15, -0.1) is 0 Å². The standard InChI is InChI=1S/C58H40N2/c1-4-16-41(17-5-1)48-32-36-52(45-21-8-3-9-22-45)57(39-48)60-56-27-15-13-25-53(56)54-37-35-50(40-58(54)60)59(55-26-14-12-24-51(55)44-19-6-2-7-20-44)49-33-30-43(31-34-49)47-29-28-42-18-10-11-23-46(42)38-47/h1-40H. The molecule has 2 nitrogen and oxygen atoms in total. The fourth-order valence-corrected chi connectivity index (χ4v) is 8.88. The average Bonchev–Trinajstić information content (AvgIpc) is 3.66. The number of nitrogens with zero attached hydrogens (tertiary/aromatic N) is 2. The minimum Gasteiger partial charge on any atom is -0.310 e. The van der Waals surface area contributed by atoms with Crippen LogP contribution in [0.4, 0.5) is 17.1 Å². The van der Waals surface area contributed by atoms with E-state index in [2.05, 4.69) is 252 Å². The summed E-state index contributed by atoms with van der Waals surface area (Å²) in [5, 5.41) is 4.92. The molecule has 0 unspecified atom stereocenters. The summed E-state index contributed by atoms with van der Waals surface area (Å²) in [6, 6.07) is 88.0. The predicted molar refractivity (Wildman–Crippen MR) is 255 cm³/mol. The molecule has 0 bridgehead atoms. The second kappa shape index (κ2) is 15.1. The molecule has 0 amide bonds. The maximum Gasteiger partial charge on any atom is 0.0562 e. The summed E-state index contributed by atoms with van der Waals surface area (Å²) >= 11 is 0. The van der Waals surface area contributed by atoms with E-state index in [-0.39, 0.29) is 0 Å². The van der Waals surface area contributed by atoms with Gasteiger partial charge in [-0.25, -0.2) is 0 Å². The van der Waals surface area contributed by atoms with Crippen LogP contribution in [0.5, 0.6) is 0 Å². The Morgan fingerprint density at radius 3 is 1.58 bits per heavy atom. The first kappa shape index (κ1) is 35.2. The SMILES string of the molecule is c1ccc(-c2ccc(-c3ccccc3)c(-n3c4ccccc4c4ccc(N(c5ccc(-c6ccc7ccccc7c6)cc5)c5ccccc5-c5ccccc5)cc43)c2)cc1. The summed E-state index contributed by atoms with van der Waals surface area (Å²) in [6.45, 7) is 0.